The molecule has 0 aromatic heterocycles. The van der Waals surface area contributed by atoms with E-state index in [0.29, 0.717) is 13.2 Å². The van der Waals surface area contributed by atoms with E-state index >= 15 is 0 Å². The van der Waals surface area contributed by atoms with Gasteiger partial charge in [0.05, 0.1) is 13.2 Å². The lowest BCUT2D eigenvalue weighted by Crippen LogP contribution is -2.35. The number of benzene rings is 1. The summed E-state index contributed by atoms with van der Waals surface area (Å²) in [6.45, 7) is 7.14. The first-order chi connectivity index (χ1) is 9.30. The fourth-order valence-corrected chi connectivity index (χ4v) is 1.73. The van der Waals surface area contributed by atoms with Crippen LogP contribution in [-0.2, 0) is 4.74 Å². The van der Waals surface area contributed by atoms with Crippen molar-refractivity contribution in [3.05, 3.63) is 24.3 Å². The molecule has 0 aliphatic rings. The van der Waals surface area contributed by atoms with Crippen LogP contribution in [0, 0.1) is 0 Å². The average Bonchev–Trinajstić information content (AvgIpc) is 2.42. The summed E-state index contributed by atoms with van der Waals surface area (Å²) in [7, 11) is 1.69. The van der Waals surface area contributed by atoms with Gasteiger partial charge in [-0.15, -0.1) is 0 Å². The third kappa shape index (κ3) is 6.45. The fourth-order valence-electron chi connectivity index (χ4n) is 1.73. The first-order valence-corrected chi connectivity index (χ1v) is 6.89. The van der Waals surface area contributed by atoms with Crippen LogP contribution in [-0.4, -0.2) is 39.5 Å². The summed E-state index contributed by atoms with van der Waals surface area (Å²) in [5.74, 6) is 1.70. The minimum absolute atomic E-state index is 0.0227. The van der Waals surface area contributed by atoms with Gasteiger partial charge in [-0.05, 0) is 44.2 Å². The summed E-state index contributed by atoms with van der Waals surface area (Å²) < 4.78 is 16.5. The molecule has 0 spiro atoms. The normalized spacial score (nSPS) is 12.2. The first-order valence-electron chi connectivity index (χ1n) is 6.89. The molecular weight excluding hydrogens is 242 g/mol. The van der Waals surface area contributed by atoms with Crippen molar-refractivity contribution >= 4 is 0 Å². The quantitative estimate of drug-likeness (QED) is 0.661. The largest absolute Gasteiger partial charge is 0.494 e. The third-order valence-corrected chi connectivity index (χ3v) is 2.59. The van der Waals surface area contributed by atoms with E-state index < -0.39 is 0 Å². The topological polar surface area (TPSA) is 39.7 Å². The lowest BCUT2D eigenvalue weighted by atomic mass is 10.3. The highest BCUT2D eigenvalue weighted by molar-refractivity contribution is 5.31. The van der Waals surface area contributed by atoms with Gasteiger partial charge < -0.3 is 19.5 Å². The van der Waals surface area contributed by atoms with Gasteiger partial charge in [-0.1, -0.05) is 6.92 Å². The Morgan fingerprint density at radius 2 is 1.79 bits per heavy atom. The monoisotopic (exact) mass is 267 g/mol. The summed E-state index contributed by atoms with van der Waals surface area (Å²) in [5.41, 5.74) is 0. The van der Waals surface area contributed by atoms with Crippen molar-refractivity contribution in [2.45, 2.75) is 26.4 Å². The van der Waals surface area contributed by atoms with Crippen molar-refractivity contribution in [3.63, 3.8) is 0 Å². The van der Waals surface area contributed by atoms with Gasteiger partial charge in [0.25, 0.3) is 0 Å². The lowest BCUT2D eigenvalue weighted by Gasteiger charge is -2.19. The molecule has 19 heavy (non-hydrogen) atoms. The minimum Gasteiger partial charge on any atom is -0.494 e. The van der Waals surface area contributed by atoms with Crippen molar-refractivity contribution < 1.29 is 14.2 Å². The molecule has 4 heteroatoms. The zero-order valence-corrected chi connectivity index (χ0v) is 12.1. The third-order valence-electron chi connectivity index (χ3n) is 2.59. The van der Waals surface area contributed by atoms with Gasteiger partial charge >= 0.3 is 0 Å². The number of hydrogen-bond acceptors (Lipinski definition) is 4. The standard InChI is InChI=1S/C15H25NO3/c1-4-10-16-11-15(12-17-3)19-14-8-6-13(7-9-14)18-5-2/h6-9,15-16H,4-5,10-12H2,1-3H3. The molecule has 108 valence electrons. The summed E-state index contributed by atoms with van der Waals surface area (Å²) >= 11 is 0. The maximum atomic E-state index is 5.89. The smallest absolute Gasteiger partial charge is 0.134 e. The molecule has 0 bridgehead atoms. The van der Waals surface area contributed by atoms with Crippen LogP contribution in [0.1, 0.15) is 20.3 Å². The SMILES string of the molecule is CCCNCC(COC)Oc1ccc(OCC)cc1. The second-order valence-electron chi connectivity index (χ2n) is 4.30. The molecule has 0 aliphatic carbocycles. The van der Waals surface area contributed by atoms with Crippen LogP contribution < -0.4 is 14.8 Å². The molecule has 0 radical (unpaired) electrons. The Morgan fingerprint density at radius 3 is 2.37 bits per heavy atom. The summed E-state index contributed by atoms with van der Waals surface area (Å²) in [5, 5.41) is 3.34. The summed E-state index contributed by atoms with van der Waals surface area (Å²) in [6.07, 6.45) is 1.14. The van der Waals surface area contributed by atoms with Crippen LogP contribution in [0.5, 0.6) is 11.5 Å². The second kappa shape index (κ2) is 9.64. The zero-order chi connectivity index (χ0) is 13.9. The van der Waals surface area contributed by atoms with E-state index in [1.54, 1.807) is 7.11 Å². The Hall–Kier alpha value is -1.26. The van der Waals surface area contributed by atoms with Crippen LogP contribution in [0.3, 0.4) is 0 Å². The maximum absolute atomic E-state index is 5.89. The van der Waals surface area contributed by atoms with Gasteiger partial charge in [0.15, 0.2) is 0 Å². The van der Waals surface area contributed by atoms with Crippen molar-refractivity contribution in [2.24, 2.45) is 0 Å². The van der Waals surface area contributed by atoms with Crippen LogP contribution >= 0.6 is 0 Å². The number of methoxy groups -OCH3 is 1. The van der Waals surface area contributed by atoms with E-state index in [-0.39, 0.29) is 6.10 Å². The molecule has 1 atom stereocenters. The molecular formula is C15H25NO3. The van der Waals surface area contributed by atoms with Gasteiger partial charge in [0.2, 0.25) is 0 Å². The Labute approximate surface area is 116 Å². The van der Waals surface area contributed by atoms with Gasteiger partial charge in [-0.3, -0.25) is 0 Å². The fraction of sp³-hybridized carbons (Fsp3) is 0.600. The van der Waals surface area contributed by atoms with Crippen LogP contribution in [0.15, 0.2) is 24.3 Å². The van der Waals surface area contributed by atoms with Crippen molar-refractivity contribution in [2.75, 3.05) is 33.4 Å². The lowest BCUT2D eigenvalue weighted by molar-refractivity contribution is 0.0807. The van der Waals surface area contributed by atoms with E-state index in [0.717, 1.165) is 31.0 Å². The van der Waals surface area contributed by atoms with E-state index in [1.165, 1.54) is 0 Å². The molecule has 1 rings (SSSR count). The molecule has 4 nitrogen and oxygen atoms in total. The minimum atomic E-state index is 0.0227. The van der Waals surface area contributed by atoms with Gasteiger partial charge in [0, 0.05) is 13.7 Å². The van der Waals surface area contributed by atoms with E-state index in [9.17, 15) is 0 Å². The number of ether oxygens (including phenoxy) is 3. The molecule has 1 aromatic rings. The van der Waals surface area contributed by atoms with Crippen LogP contribution in [0.2, 0.25) is 0 Å². The molecule has 0 heterocycles. The highest BCUT2D eigenvalue weighted by Crippen LogP contribution is 2.18. The van der Waals surface area contributed by atoms with E-state index in [1.807, 2.05) is 31.2 Å². The molecule has 0 saturated carbocycles. The van der Waals surface area contributed by atoms with Crippen LogP contribution in [0.4, 0.5) is 0 Å². The van der Waals surface area contributed by atoms with E-state index in [4.69, 9.17) is 14.2 Å². The number of nitrogens with one attached hydrogen (secondary N) is 1. The Balaban J connectivity index is 2.47. The molecule has 0 saturated heterocycles. The predicted molar refractivity (Wildman–Crippen MR) is 77.1 cm³/mol. The molecule has 1 N–H and O–H groups in total. The number of hydrogen-bond donors (Lipinski definition) is 1. The van der Waals surface area contributed by atoms with Crippen molar-refractivity contribution in [1.29, 1.82) is 0 Å². The second-order valence-corrected chi connectivity index (χ2v) is 4.30. The molecule has 0 aliphatic heterocycles. The van der Waals surface area contributed by atoms with Gasteiger partial charge in [-0.2, -0.15) is 0 Å². The Bertz CT molecular complexity index is 327. The maximum Gasteiger partial charge on any atom is 0.134 e. The molecule has 1 aromatic carbocycles. The molecule has 1 unspecified atom stereocenters. The molecule has 0 amide bonds. The first kappa shape index (κ1) is 15.8. The van der Waals surface area contributed by atoms with Crippen LogP contribution in [0.25, 0.3) is 0 Å². The Kier molecular flexibility index (Phi) is 8.02. The van der Waals surface area contributed by atoms with Crippen molar-refractivity contribution in [1.82, 2.24) is 5.32 Å². The molecule has 0 fully saturated rings. The van der Waals surface area contributed by atoms with E-state index in [2.05, 4.69) is 12.2 Å². The number of rotatable bonds is 10. The predicted octanol–water partition coefficient (Wildman–Crippen LogP) is 2.48. The highest BCUT2D eigenvalue weighted by atomic mass is 16.5. The highest BCUT2D eigenvalue weighted by Gasteiger charge is 2.09. The average molecular weight is 267 g/mol. The Morgan fingerprint density at radius 1 is 1.11 bits per heavy atom. The van der Waals surface area contributed by atoms with Crippen molar-refractivity contribution in [3.8, 4) is 11.5 Å². The summed E-state index contributed by atoms with van der Waals surface area (Å²) in [4.78, 5) is 0. The van der Waals surface area contributed by atoms with Gasteiger partial charge in [-0.25, -0.2) is 0 Å². The zero-order valence-electron chi connectivity index (χ0n) is 12.1. The van der Waals surface area contributed by atoms with Gasteiger partial charge in [0.1, 0.15) is 17.6 Å². The summed E-state index contributed by atoms with van der Waals surface area (Å²) in [6, 6.07) is 7.69.